The molecule has 1 N–H and O–H groups in total. The number of aromatic nitrogens is 3. The fourth-order valence-electron chi connectivity index (χ4n) is 2.86. The lowest BCUT2D eigenvalue weighted by molar-refractivity contribution is 0.310. The van der Waals surface area contributed by atoms with Crippen LogP contribution in [0.1, 0.15) is 18.2 Å². The van der Waals surface area contributed by atoms with Gasteiger partial charge in [0.25, 0.3) is 0 Å². The third-order valence-corrected chi connectivity index (χ3v) is 4.31. The van der Waals surface area contributed by atoms with E-state index in [1.165, 1.54) is 0 Å². The standard InChI is InChI=1S/C22H27N5O2/c1-5-29-19-9-8-16(11-20(19)28-4)13-24-15-18-12-21(27(2)3)26-22(25-18)17-7-6-10-23-14-17/h6-12,14,24H,5,13,15H2,1-4H3. The first kappa shape index (κ1) is 20.5. The van der Waals surface area contributed by atoms with Gasteiger partial charge < -0.3 is 19.7 Å². The second-order valence-corrected chi connectivity index (χ2v) is 6.70. The maximum atomic E-state index is 5.58. The van der Waals surface area contributed by atoms with Crippen LogP contribution in [0.5, 0.6) is 11.5 Å². The molecule has 7 heteroatoms. The summed E-state index contributed by atoms with van der Waals surface area (Å²) in [5.74, 6) is 3.02. The second kappa shape index (κ2) is 9.84. The summed E-state index contributed by atoms with van der Waals surface area (Å²) >= 11 is 0. The molecular formula is C22H27N5O2. The lowest BCUT2D eigenvalue weighted by Crippen LogP contribution is -2.17. The van der Waals surface area contributed by atoms with Crippen LogP contribution in [0.4, 0.5) is 5.82 Å². The van der Waals surface area contributed by atoms with Gasteiger partial charge in [-0.3, -0.25) is 4.98 Å². The SMILES string of the molecule is CCOc1ccc(CNCc2cc(N(C)C)nc(-c3cccnc3)n2)cc1OC. The van der Waals surface area contributed by atoms with Crippen molar-refractivity contribution in [1.29, 1.82) is 0 Å². The summed E-state index contributed by atoms with van der Waals surface area (Å²) in [7, 11) is 5.59. The average molecular weight is 393 g/mol. The molecule has 0 spiro atoms. The van der Waals surface area contributed by atoms with Gasteiger partial charge in [0.05, 0.1) is 19.4 Å². The molecule has 152 valence electrons. The third-order valence-electron chi connectivity index (χ3n) is 4.31. The maximum absolute atomic E-state index is 5.58. The van der Waals surface area contributed by atoms with Gasteiger partial charge in [0.2, 0.25) is 0 Å². The van der Waals surface area contributed by atoms with Crippen molar-refractivity contribution < 1.29 is 9.47 Å². The number of pyridine rings is 1. The fourth-order valence-corrected chi connectivity index (χ4v) is 2.86. The van der Waals surface area contributed by atoms with E-state index < -0.39 is 0 Å². The van der Waals surface area contributed by atoms with Gasteiger partial charge in [-0.25, -0.2) is 9.97 Å². The summed E-state index contributed by atoms with van der Waals surface area (Å²) in [5.41, 5.74) is 2.92. The molecule has 3 aromatic rings. The van der Waals surface area contributed by atoms with E-state index in [4.69, 9.17) is 14.5 Å². The summed E-state index contributed by atoms with van der Waals surface area (Å²) in [4.78, 5) is 15.5. The highest BCUT2D eigenvalue weighted by Crippen LogP contribution is 2.28. The number of methoxy groups -OCH3 is 1. The number of hydrogen-bond acceptors (Lipinski definition) is 7. The van der Waals surface area contributed by atoms with Crippen LogP contribution >= 0.6 is 0 Å². The smallest absolute Gasteiger partial charge is 0.163 e. The molecular weight excluding hydrogens is 366 g/mol. The van der Waals surface area contributed by atoms with Crippen molar-refractivity contribution in [1.82, 2.24) is 20.3 Å². The molecule has 0 radical (unpaired) electrons. The number of hydrogen-bond donors (Lipinski definition) is 1. The molecule has 0 fully saturated rings. The van der Waals surface area contributed by atoms with Gasteiger partial charge in [0.15, 0.2) is 17.3 Å². The Kier molecular flexibility index (Phi) is 6.97. The number of benzene rings is 1. The number of ether oxygens (including phenoxy) is 2. The molecule has 29 heavy (non-hydrogen) atoms. The van der Waals surface area contributed by atoms with Crippen LogP contribution in [0.15, 0.2) is 48.8 Å². The Bertz CT molecular complexity index is 932. The first-order valence-electron chi connectivity index (χ1n) is 9.56. The normalized spacial score (nSPS) is 10.6. The molecule has 0 aliphatic heterocycles. The van der Waals surface area contributed by atoms with Crippen LogP contribution in [0.2, 0.25) is 0 Å². The summed E-state index contributed by atoms with van der Waals surface area (Å²) in [5, 5.41) is 3.44. The number of nitrogens with one attached hydrogen (secondary N) is 1. The summed E-state index contributed by atoms with van der Waals surface area (Å²) in [6.45, 7) is 3.87. The predicted octanol–water partition coefficient (Wildman–Crippen LogP) is 3.30. The Morgan fingerprint density at radius 2 is 1.90 bits per heavy atom. The number of rotatable bonds is 9. The maximum Gasteiger partial charge on any atom is 0.163 e. The minimum absolute atomic E-state index is 0.606. The van der Waals surface area contributed by atoms with Crippen molar-refractivity contribution >= 4 is 5.82 Å². The zero-order chi connectivity index (χ0) is 20.6. The average Bonchev–Trinajstić information content (AvgIpc) is 2.75. The fraction of sp³-hybridized carbons (Fsp3) is 0.318. The van der Waals surface area contributed by atoms with Gasteiger partial charge in [-0.05, 0) is 36.8 Å². The van der Waals surface area contributed by atoms with E-state index >= 15 is 0 Å². The van der Waals surface area contributed by atoms with Crippen molar-refractivity contribution in [3.05, 3.63) is 60.0 Å². The van der Waals surface area contributed by atoms with Crippen LogP contribution in [0, 0.1) is 0 Å². The van der Waals surface area contributed by atoms with Crippen LogP contribution < -0.4 is 19.7 Å². The largest absolute Gasteiger partial charge is 0.493 e. The molecule has 0 bridgehead atoms. The van der Waals surface area contributed by atoms with E-state index in [0.717, 1.165) is 34.1 Å². The summed E-state index contributed by atoms with van der Waals surface area (Å²) in [6, 6.07) is 11.8. The van der Waals surface area contributed by atoms with E-state index in [1.807, 2.05) is 62.3 Å². The Morgan fingerprint density at radius 1 is 1.03 bits per heavy atom. The number of nitrogens with zero attached hydrogens (tertiary/aromatic N) is 4. The highest BCUT2D eigenvalue weighted by Gasteiger charge is 2.09. The third kappa shape index (κ3) is 5.42. The Morgan fingerprint density at radius 3 is 2.59 bits per heavy atom. The summed E-state index contributed by atoms with van der Waals surface area (Å²) < 4.78 is 11.0. The van der Waals surface area contributed by atoms with Gasteiger partial charge >= 0.3 is 0 Å². The highest BCUT2D eigenvalue weighted by atomic mass is 16.5. The molecule has 0 atom stereocenters. The number of anilines is 1. The Hall–Kier alpha value is -3.19. The lowest BCUT2D eigenvalue weighted by Gasteiger charge is -2.15. The van der Waals surface area contributed by atoms with E-state index in [0.29, 0.717) is 25.5 Å². The van der Waals surface area contributed by atoms with Gasteiger partial charge in [-0.15, -0.1) is 0 Å². The molecule has 0 saturated heterocycles. The molecule has 3 rings (SSSR count). The van der Waals surface area contributed by atoms with Crippen LogP contribution in [0.3, 0.4) is 0 Å². The summed E-state index contributed by atoms with van der Waals surface area (Å²) in [6.07, 6.45) is 3.52. The molecule has 2 heterocycles. The van der Waals surface area contributed by atoms with Crippen molar-refractivity contribution in [3.8, 4) is 22.9 Å². The molecule has 0 amide bonds. The molecule has 0 unspecified atom stereocenters. The molecule has 0 aliphatic rings. The second-order valence-electron chi connectivity index (χ2n) is 6.70. The van der Waals surface area contributed by atoms with Gasteiger partial charge in [-0.2, -0.15) is 0 Å². The molecule has 0 saturated carbocycles. The molecule has 1 aromatic carbocycles. The van der Waals surface area contributed by atoms with E-state index in [-0.39, 0.29) is 0 Å². The highest BCUT2D eigenvalue weighted by molar-refractivity contribution is 5.56. The van der Waals surface area contributed by atoms with E-state index in [9.17, 15) is 0 Å². The quantitative estimate of drug-likeness (QED) is 0.598. The van der Waals surface area contributed by atoms with E-state index in [1.54, 1.807) is 19.5 Å². The molecule has 7 nitrogen and oxygen atoms in total. The van der Waals surface area contributed by atoms with Gasteiger partial charge in [0, 0.05) is 51.2 Å². The Labute approximate surface area is 171 Å². The zero-order valence-corrected chi connectivity index (χ0v) is 17.3. The van der Waals surface area contributed by atoms with Crippen molar-refractivity contribution in [2.75, 3.05) is 32.7 Å². The molecule has 0 aliphatic carbocycles. The van der Waals surface area contributed by atoms with Gasteiger partial charge in [0.1, 0.15) is 5.82 Å². The first-order valence-corrected chi connectivity index (χ1v) is 9.56. The van der Waals surface area contributed by atoms with Gasteiger partial charge in [-0.1, -0.05) is 6.07 Å². The monoisotopic (exact) mass is 393 g/mol. The topological polar surface area (TPSA) is 72.4 Å². The minimum Gasteiger partial charge on any atom is -0.493 e. The molecule has 2 aromatic heterocycles. The van der Waals surface area contributed by atoms with Crippen LogP contribution in [0.25, 0.3) is 11.4 Å². The Balaban J connectivity index is 1.72. The zero-order valence-electron chi connectivity index (χ0n) is 17.3. The first-order chi connectivity index (χ1) is 14.1. The van der Waals surface area contributed by atoms with Crippen LogP contribution in [-0.4, -0.2) is 42.8 Å². The van der Waals surface area contributed by atoms with Crippen molar-refractivity contribution in [3.63, 3.8) is 0 Å². The van der Waals surface area contributed by atoms with Crippen molar-refractivity contribution in [2.24, 2.45) is 0 Å². The van der Waals surface area contributed by atoms with Crippen molar-refractivity contribution in [2.45, 2.75) is 20.0 Å². The van der Waals surface area contributed by atoms with E-state index in [2.05, 4.69) is 15.3 Å². The minimum atomic E-state index is 0.606. The predicted molar refractivity (Wildman–Crippen MR) is 114 cm³/mol. The lowest BCUT2D eigenvalue weighted by atomic mass is 10.2. The van der Waals surface area contributed by atoms with Crippen LogP contribution in [-0.2, 0) is 13.1 Å².